The maximum atomic E-state index is 13.0. The molecule has 1 unspecified atom stereocenters. The van der Waals surface area contributed by atoms with Crippen LogP contribution < -0.4 is 0 Å². The highest BCUT2D eigenvalue weighted by Gasteiger charge is 2.52. The number of hydrogen-bond donors (Lipinski definition) is 1. The van der Waals surface area contributed by atoms with Crippen LogP contribution in [0.3, 0.4) is 0 Å². The van der Waals surface area contributed by atoms with E-state index in [0.29, 0.717) is 24.9 Å². The lowest BCUT2D eigenvalue weighted by Crippen LogP contribution is -2.54. The maximum Gasteiger partial charge on any atom is 0.414 e. The van der Waals surface area contributed by atoms with E-state index in [9.17, 15) is 23.1 Å². The van der Waals surface area contributed by atoms with Gasteiger partial charge < -0.3 is 10.0 Å². The Morgan fingerprint density at radius 2 is 1.46 bits per heavy atom. The quantitative estimate of drug-likeness (QED) is 0.835. The van der Waals surface area contributed by atoms with Gasteiger partial charge in [0.25, 0.3) is 0 Å². The molecule has 4 bridgehead atoms. The Balaban J connectivity index is 1.37. The average Bonchev–Trinajstić information content (AvgIpc) is 2.52. The van der Waals surface area contributed by atoms with Crippen molar-refractivity contribution in [3.63, 3.8) is 0 Å². The molecule has 1 aliphatic heterocycles. The van der Waals surface area contributed by atoms with E-state index in [0.717, 1.165) is 11.8 Å². The molecule has 5 fully saturated rings. The summed E-state index contributed by atoms with van der Waals surface area (Å²) in [6.45, 7) is 0.721. The van der Waals surface area contributed by atoms with Crippen molar-refractivity contribution in [2.45, 2.75) is 57.2 Å². The number of nitrogens with zero attached hydrogens (tertiary/aromatic N) is 1. The first kappa shape index (κ1) is 16.7. The predicted molar refractivity (Wildman–Crippen MR) is 81.9 cm³/mol. The lowest BCUT2D eigenvalue weighted by atomic mass is 9.51. The Labute approximate surface area is 140 Å². The minimum Gasteiger partial charge on any atom is -0.383 e. The third-order valence-electron chi connectivity index (χ3n) is 7.15. The topological polar surface area (TPSA) is 40.5 Å². The van der Waals surface area contributed by atoms with Crippen molar-refractivity contribution < 1.29 is 23.1 Å². The van der Waals surface area contributed by atoms with Gasteiger partial charge in [0, 0.05) is 19.0 Å². The van der Waals surface area contributed by atoms with Gasteiger partial charge in [0.15, 0.2) is 6.10 Å². The number of likely N-dealkylation sites (tertiary alicyclic amines) is 1. The van der Waals surface area contributed by atoms with Crippen LogP contribution in [-0.4, -0.2) is 41.3 Å². The number of carbonyl (C=O) groups excluding carboxylic acids is 1. The fourth-order valence-electron chi connectivity index (χ4n) is 6.24. The molecular weight excluding hydrogens is 319 g/mol. The monoisotopic (exact) mass is 345 g/mol. The zero-order chi connectivity index (χ0) is 17.1. The molecule has 5 rings (SSSR count). The number of rotatable bonds is 2. The van der Waals surface area contributed by atoms with Crippen molar-refractivity contribution in [3.05, 3.63) is 0 Å². The summed E-state index contributed by atoms with van der Waals surface area (Å²) in [4.78, 5) is 14.8. The van der Waals surface area contributed by atoms with Crippen molar-refractivity contribution >= 4 is 5.91 Å². The number of amides is 1. The minimum absolute atomic E-state index is 0.113. The van der Waals surface area contributed by atoms with Crippen molar-refractivity contribution in [1.82, 2.24) is 4.90 Å². The van der Waals surface area contributed by atoms with E-state index in [1.807, 2.05) is 0 Å². The molecule has 0 aromatic heterocycles. The van der Waals surface area contributed by atoms with E-state index in [-0.39, 0.29) is 24.7 Å². The Morgan fingerprint density at radius 3 is 1.92 bits per heavy atom. The molecule has 1 saturated heterocycles. The van der Waals surface area contributed by atoms with Crippen molar-refractivity contribution in [3.8, 4) is 0 Å². The first-order valence-electron chi connectivity index (χ1n) is 9.36. The van der Waals surface area contributed by atoms with E-state index >= 15 is 0 Å². The molecule has 6 heteroatoms. The molecule has 0 radical (unpaired) electrons. The summed E-state index contributed by atoms with van der Waals surface area (Å²) < 4.78 is 37.9. The van der Waals surface area contributed by atoms with E-state index in [1.54, 1.807) is 4.90 Å². The second-order valence-electron chi connectivity index (χ2n) is 8.61. The molecular formula is C18H26F3NO2. The first-order valence-corrected chi connectivity index (χ1v) is 9.36. The van der Waals surface area contributed by atoms with E-state index in [4.69, 9.17) is 0 Å². The normalized spacial score (nSPS) is 40.8. The highest BCUT2D eigenvalue weighted by molar-refractivity contribution is 5.80. The molecule has 0 aromatic carbocycles. The lowest BCUT2D eigenvalue weighted by molar-refractivity contribution is -0.223. The van der Waals surface area contributed by atoms with E-state index in [2.05, 4.69) is 0 Å². The van der Waals surface area contributed by atoms with Crippen molar-refractivity contribution in [2.24, 2.45) is 35.5 Å². The van der Waals surface area contributed by atoms with Gasteiger partial charge in [-0.3, -0.25) is 4.79 Å². The zero-order valence-electron chi connectivity index (χ0n) is 13.8. The van der Waals surface area contributed by atoms with Gasteiger partial charge in [-0.05, 0) is 74.5 Å². The largest absolute Gasteiger partial charge is 0.414 e. The molecule has 0 aromatic rings. The predicted octanol–water partition coefficient (Wildman–Crippen LogP) is 3.22. The Bertz CT molecular complexity index is 471. The lowest BCUT2D eigenvalue weighted by Gasteiger charge is -2.54. The number of alkyl halides is 3. The van der Waals surface area contributed by atoms with E-state index in [1.165, 1.54) is 32.1 Å². The molecule has 3 nitrogen and oxygen atoms in total. The number of carbonyl (C=O) groups is 1. The van der Waals surface area contributed by atoms with E-state index < -0.39 is 18.2 Å². The summed E-state index contributed by atoms with van der Waals surface area (Å²) in [5, 5.41) is 9.42. The fraction of sp³-hybridized carbons (Fsp3) is 0.944. The summed E-state index contributed by atoms with van der Waals surface area (Å²) in [7, 11) is 0. The summed E-state index contributed by atoms with van der Waals surface area (Å²) in [5.74, 6) is 2.16. The summed E-state index contributed by atoms with van der Waals surface area (Å²) in [6.07, 6.45) is -0.277. The Hall–Kier alpha value is -0.780. The standard InChI is InChI=1S/C18H26F3NO2/c19-18(20,21)16(23)12-1-3-22(4-2-12)17(24)15-13-6-10-5-11(8-13)9-14(15)7-10/h10-16,23H,1-9H2. The molecule has 1 N–H and O–H groups in total. The summed E-state index contributed by atoms with van der Waals surface area (Å²) in [6, 6.07) is 0. The van der Waals surface area contributed by atoms with Crippen LogP contribution in [0.15, 0.2) is 0 Å². The number of piperidine rings is 1. The highest BCUT2D eigenvalue weighted by Crippen LogP contribution is 2.57. The molecule has 5 aliphatic rings. The van der Waals surface area contributed by atoms with Crippen LogP contribution in [0, 0.1) is 35.5 Å². The zero-order valence-corrected chi connectivity index (χ0v) is 13.8. The van der Waals surface area contributed by atoms with Crippen LogP contribution in [0.4, 0.5) is 13.2 Å². The first-order chi connectivity index (χ1) is 11.3. The van der Waals surface area contributed by atoms with Gasteiger partial charge in [0.05, 0.1) is 0 Å². The average molecular weight is 345 g/mol. The number of aliphatic hydroxyl groups excluding tert-OH is 1. The molecule has 1 amide bonds. The Kier molecular flexibility index (Phi) is 4.09. The van der Waals surface area contributed by atoms with Crippen LogP contribution in [-0.2, 0) is 4.79 Å². The van der Waals surface area contributed by atoms with Gasteiger partial charge in [-0.15, -0.1) is 0 Å². The molecule has 136 valence electrons. The second-order valence-corrected chi connectivity index (χ2v) is 8.61. The van der Waals surface area contributed by atoms with Crippen LogP contribution >= 0.6 is 0 Å². The van der Waals surface area contributed by atoms with Gasteiger partial charge >= 0.3 is 6.18 Å². The molecule has 0 spiro atoms. The molecule has 1 atom stereocenters. The van der Waals surface area contributed by atoms with Gasteiger partial charge in [0.2, 0.25) is 5.91 Å². The van der Waals surface area contributed by atoms with Gasteiger partial charge in [0.1, 0.15) is 0 Å². The summed E-state index contributed by atoms with van der Waals surface area (Å²) in [5.41, 5.74) is 0. The summed E-state index contributed by atoms with van der Waals surface area (Å²) >= 11 is 0. The highest BCUT2D eigenvalue weighted by atomic mass is 19.4. The van der Waals surface area contributed by atoms with Crippen LogP contribution in [0.5, 0.6) is 0 Å². The molecule has 4 saturated carbocycles. The maximum absolute atomic E-state index is 13.0. The SMILES string of the molecule is O=C(C1C2CC3CC(C2)CC1C3)N1CCC(C(O)C(F)(F)F)CC1. The van der Waals surface area contributed by atoms with Crippen molar-refractivity contribution in [1.29, 1.82) is 0 Å². The third-order valence-corrected chi connectivity index (χ3v) is 7.15. The molecule has 1 heterocycles. The van der Waals surface area contributed by atoms with Crippen LogP contribution in [0.2, 0.25) is 0 Å². The number of aliphatic hydroxyl groups is 1. The van der Waals surface area contributed by atoms with Gasteiger partial charge in [-0.2, -0.15) is 13.2 Å². The third kappa shape index (κ3) is 2.85. The van der Waals surface area contributed by atoms with Crippen LogP contribution in [0.1, 0.15) is 44.9 Å². The number of halogens is 3. The van der Waals surface area contributed by atoms with Gasteiger partial charge in [-0.1, -0.05) is 0 Å². The van der Waals surface area contributed by atoms with Gasteiger partial charge in [-0.25, -0.2) is 0 Å². The Morgan fingerprint density at radius 1 is 0.958 bits per heavy atom. The number of hydrogen-bond acceptors (Lipinski definition) is 2. The van der Waals surface area contributed by atoms with Crippen molar-refractivity contribution in [2.75, 3.05) is 13.1 Å². The molecule has 24 heavy (non-hydrogen) atoms. The minimum atomic E-state index is -4.56. The second kappa shape index (κ2) is 5.89. The fourth-order valence-corrected chi connectivity index (χ4v) is 6.24. The molecule has 4 aliphatic carbocycles. The smallest absolute Gasteiger partial charge is 0.383 e. The van der Waals surface area contributed by atoms with Crippen LogP contribution in [0.25, 0.3) is 0 Å².